The Bertz CT molecular complexity index is 1380. The van der Waals surface area contributed by atoms with Crippen LogP contribution in [-0.4, -0.2) is 26.0 Å². The molecule has 0 fully saturated rings. The van der Waals surface area contributed by atoms with E-state index in [0.717, 1.165) is 26.6 Å². The lowest BCUT2D eigenvalue weighted by atomic mass is 10.1. The summed E-state index contributed by atoms with van der Waals surface area (Å²) in [6.07, 6.45) is 1.38. The molecule has 31 heavy (non-hydrogen) atoms. The molecule has 0 aliphatic heterocycles. The van der Waals surface area contributed by atoms with E-state index in [9.17, 15) is 9.90 Å². The van der Waals surface area contributed by atoms with E-state index in [0.29, 0.717) is 23.3 Å². The number of hydrogen-bond acceptors (Lipinski definition) is 7. The molecule has 0 saturated carbocycles. The summed E-state index contributed by atoms with van der Waals surface area (Å²) in [5.74, 6) is -0.415. The van der Waals surface area contributed by atoms with Crippen molar-refractivity contribution in [2.24, 2.45) is 0 Å². The van der Waals surface area contributed by atoms with Crippen molar-refractivity contribution in [1.29, 1.82) is 0 Å². The van der Waals surface area contributed by atoms with Crippen molar-refractivity contribution in [2.75, 3.05) is 10.6 Å². The van der Waals surface area contributed by atoms with Gasteiger partial charge in [-0.25, -0.2) is 19.7 Å². The highest BCUT2D eigenvalue weighted by Crippen LogP contribution is 2.28. The fraction of sp³-hybridized carbons (Fsp3) is 0.0435. The molecular weight excluding hydrogens is 410 g/mol. The minimum Gasteiger partial charge on any atom is -0.478 e. The molecule has 0 bridgehead atoms. The predicted molar refractivity (Wildman–Crippen MR) is 123 cm³/mol. The number of carboxylic acid groups (broad SMARTS) is 1. The Morgan fingerprint density at radius 1 is 1.00 bits per heavy atom. The van der Waals surface area contributed by atoms with Crippen LogP contribution >= 0.6 is 11.3 Å². The van der Waals surface area contributed by atoms with Crippen LogP contribution in [-0.2, 0) is 6.54 Å². The summed E-state index contributed by atoms with van der Waals surface area (Å²) in [6.45, 7) is 0.527. The third kappa shape index (κ3) is 3.88. The second-order valence-corrected chi connectivity index (χ2v) is 7.93. The second kappa shape index (κ2) is 8.00. The highest BCUT2D eigenvalue weighted by Gasteiger charge is 2.12. The van der Waals surface area contributed by atoms with Crippen LogP contribution in [0, 0.1) is 0 Å². The summed E-state index contributed by atoms with van der Waals surface area (Å²) in [4.78, 5) is 24.5. The summed E-state index contributed by atoms with van der Waals surface area (Å²) < 4.78 is 1.14. The third-order valence-electron chi connectivity index (χ3n) is 4.83. The lowest BCUT2D eigenvalue weighted by Gasteiger charge is -2.10. The zero-order valence-corrected chi connectivity index (χ0v) is 17.1. The highest BCUT2D eigenvalue weighted by molar-refractivity contribution is 7.22. The molecular formula is C23H17N5O2S. The van der Waals surface area contributed by atoms with E-state index < -0.39 is 5.97 Å². The number of rotatable bonds is 6. The maximum absolute atomic E-state index is 11.5. The van der Waals surface area contributed by atoms with Crippen molar-refractivity contribution < 1.29 is 9.90 Å². The number of fused-ring (bicyclic) bond motifs is 2. The topological polar surface area (TPSA) is 100 Å². The minimum absolute atomic E-state index is 0.157. The molecule has 0 aliphatic rings. The average Bonchev–Trinajstić information content (AvgIpc) is 3.19. The number of anilines is 3. The molecule has 8 heteroatoms. The van der Waals surface area contributed by atoms with Crippen molar-refractivity contribution >= 4 is 55.1 Å². The van der Waals surface area contributed by atoms with Crippen LogP contribution in [0.5, 0.6) is 0 Å². The molecule has 0 aliphatic carbocycles. The number of aromatic carboxylic acids is 1. The number of carboxylic acids is 1. The molecule has 7 nitrogen and oxygen atoms in total. The first-order valence-corrected chi connectivity index (χ1v) is 10.4. The van der Waals surface area contributed by atoms with Gasteiger partial charge in [-0.1, -0.05) is 41.7 Å². The molecule has 0 unspecified atom stereocenters. The molecule has 0 radical (unpaired) electrons. The Morgan fingerprint density at radius 3 is 2.74 bits per heavy atom. The fourth-order valence-corrected chi connectivity index (χ4v) is 4.28. The molecule has 0 saturated heterocycles. The standard InChI is InChI=1S/C23H17N5O2S/c29-22(30)17-8-4-7-16-20(17)25-13-26-21(16)24-12-14-5-3-6-15(11-14)27-23-28-18-9-1-2-10-19(18)31-23/h1-11,13H,12H2,(H,27,28)(H,29,30)(H,24,25,26). The molecule has 2 heterocycles. The fourth-order valence-electron chi connectivity index (χ4n) is 3.39. The van der Waals surface area contributed by atoms with E-state index in [1.807, 2.05) is 48.5 Å². The number of thiazole rings is 1. The molecule has 152 valence electrons. The van der Waals surface area contributed by atoms with E-state index in [2.05, 4.69) is 31.7 Å². The minimum atomic E-state index is -1.01. The van der Waals surface area contributed by atoms with Gasteiger partial charge in [-0.3, -0.25) is 0 Å². The van der Waals surface area contributed by atoms with Gasteiger partial charge >= 0.3 is 5.97 Å². The number of aromatic nitrogens is 3. The Labute approximate surface area is 181 Å². The van der Waals surface area contributed by atoms with Crippen molar-refractivity contribution in [2.45, 2.75) is 6.54 Å². The monoisotopic (exact) mass is 427 g/mol. The number of para-hydroxylation sites is 2. The predicted octanol–water partition coefficient (Wildman–Crippen LogP) is 5.29. The first-order chi connectivity index (χ1) is 15.2. The number of benzene rings is 3. The molecule has 0 spiro atoms. The molecule has 3 N–H and O–H groups in total. The molecule has 0 amide bonds. The maximum Gasteiger partial charge on any atom is 0.337 e. The maximum atomic E-state index is 11.5. The van der Waals surface area contributed by atoms with Gasteiger partial charge in [0.25, 0.3) is 0 Å². The van der Waals surface area contributed by atoms with Crippen molar-refractivity contribution in [3.8, 4) is 0 Å². The number of carbonyl (C=O) groups is 1. The Hall–Kier alpha value is -4.04. The molecule has 5 aromatic rings. The summed E-state index contributed by atoms with van der Waals surface area (Å²) >= 11 is 1.61. The summed E-state index contributed by atoms with van der Waals surface area (Å²) in [6, 6.07) is 21.1. The van der Waals surface area contributed by atoms with Gasteiger partial charge in [0.05, 0.1) is 21.3 Å². The molecule has 2 aromatic heterocycles. The lowest BCUT2D eigenvalue weighted by Crippen LogP contribution is -2.05. The Balaban J connectivity index is 1.36. The van der Waals surface area contributed by atoms with Gasteiger partial charge in [0, 0.05) is 17.6 Å². The van der Waals surface area contributed by atoms with Crippen molar-refractivity contribution in [1.82, 2.24) is 15.0 Å². The van der Waals surface area contributed by atoms with E-state index >= 15 is 0 Å². The van der Waals surface area contributed by atoms with Gasteiger partial charge in [-0.05, 0) is 42.0 Å². The smallest absolute Gasteiger partial charge is 0.337 e. The van der Waals surface area contributed by atoms with Crippen LogP contribution in [0.15, 0.2) is 73.1 Å². The number of nitrogens with zero attached hydrogens (tertiary/aromatic N) is 3. The second-order valence-electron chi connectivity index (χ2n) is 6.89. The SMILES string of the molecule is O=C(O)c1cccc2c(NCc3cccc(Nc4nc5ccccc5s4)c3)ncnc12. The lowest BCUT2D eigenvalue weighted by molar-refractivity contribution is 0.0699. The van der Waals surface area contributed by atoms with Crippen LogP contribution in [0.3, 0.4) is 0 Å². The van der Waals surface area contributed by atoms with Crippen LogP contribution in [0.2, 0.25) is 0 Å². The van der Waals surface area contributed by atoms with Gasteiger partial charge in [-0.15, -0.1) is 0 Å². The summed E-state index contributed by atoms with van der Waals surface area (Å²) in [7, 11) is 0. The Morgan fingerprint density at radius 2 is 1.87 bits per heavy atom. The summed E-state index contributed by atoms with van der Waals surface area (Å²) in [5.41, 5.74) is 3.54. The van der Waals surface area contributed by atoms with Gasteiger partial charge in [-0.2, -0.15) is 0 Å². The quantitative estimate of drug-likeness (QED) is 0.338. The largest absolute Gasteiger partial charge is 0.478 e. The van der Waals surface area contributed by atoms with E-state index in [1.165, 1.54) is 6.33 Å². The van der Waals surface area contributed by atoms with Crippen LogP contribution in [0.25, 0.3) is 21.1 Å². The Kier molecular flexibility index (Phi) is 4.89. The molecule has 5 rings (SSSR count). The zero-order chi connectivity index (χ0) is 21.2. The third-order valence-corrected chi connectivity index (χ3v) is 5.78. The first-order valence-electron chi connectivity index (χ1n) is 9.60. The van der Waals surface area contributed by atoms with Crippen LogP contribution < -0.4 is 10.6 Å². The van der Waals surface area contributed by atoms with Crippen LogP contribution in [0.1, 0.15) is 15.9 Å². The highest BCUT2D eigenvalue weighted by atomic mass is 32.1. The van der Waals surface area contributed by atoms with E-state index in [4.69, 9.17) is 0 Å². The van der Waals surface area contributed by atoms with Gasteiger partial charge < -0.3 is 15.7 Å². The summed E-state index contributed by atoms with van der Waals surface area (Å²) in [5, 5.41) is 17.6. The van der Waals surface area contributed by atoms with Gasteiger partial charge in [0.15, 0.2) is 5.13 Å². The van der Waals surface area contributed by atoms with E-state index in [-0.39, 0.29) is 5.56 Å². The zero-order valence-electron chi connectivity index (χ0n) is 16.2. The van der Waals surface area contributed by atoms with Crippen molar-refractivity contribution in [3.63, 3.8) is 0 Å². The normalized spacial score (nSPS) is 11.0. The van der Waals surface area contributed by atoms with E-state index in [1.54, 1.807) is 23.5 Å². The number of hydrogen-bond donors (Lipinski definition) is 3. The van der Waals surface area contributed by atoms with Gasteiger partial charge in [0.2, 0.25) is 0 Å². The first kappa shape index (κ1) is 19.0. The number of nitrogens with one attached hydrogen (secondary N) is 2. The average molecular weight is 427 g/mol. The molecule has 3 aromatic carbocycles. The van der Waals surface area contributed by atoms with Crippen LogP contribution in [0.4, 0.5) is 16.6 Å². The molecule has 0 atom stereocenters. The van der Waals surface area contributed by atoms with Crippen molar-refractivity contribution in [3.05, 3.63) is 84.2 Å². The van der Waals surface area contributed by atoms with Gasteiger partial charge in [0.1, 0.15) is 12.1 Å².